The molecule has 0 spiro atoms. The van der Waals surface area contributed by atoms with Crippen LogP contribution in [-0.2, 0) is 4.57 Å². The lowest BCUT2D eigenvalue weighted by Crippen LogP contribution is -2.36. The van der Waals surface area contributed by atoms with Gasteiger partial charge in [0.1, 0.15) is 11.2 Å². The summed E-state index contributed by atoms with van der Waals surface area (Å²) in [6.07, 6.45) is 0. The molecule has 7 heteroatoms. The average Bonchev–Trinajstić information content (AvgIpc) is 3.59. The maximum atomic E-state index is 16.4. The maximum Gasteiger partial charge on any atom is 0.175 e. The summed E-state index contributed by atoms with van der Waals surface area (Å²) in [5.41, 5.74) is 6.65. The zero-order chi connectivity index (χ0) is 34.6. The van der Waals surface area contributed by atoms with Gasteiger partial charge in [-0.1, -0.05) is 127 Å². The van der Waals surface area contributed by atoms with Crippen molar-refractivity contribution in [2.24, 2.45) is 0 Å². The predicted octanol–water partition coefficient (Wildman–Crippen LogP) is 10.2. The van der Waals surface area contributed by atoms with Gasteiger partial charge in [0.05, 0.1) is 11.4 Å². The Hall–Kier alpha value is -6.62. The van der Waals surface area contributed by atoms with Gasteiger partial charge >= 0.3 is 0 Å². The number of benzene rings is 7. The van der Waals surface area contributed by atoms with Crippen molar-refractivity contribution in [3.8, 4) is 34.2 Å². The number of nitrogens with zero attached hydrogens (tertiary/aromatic N) is 4. The van der Waals surface area contributed by atoms with Crippen LogP contribution in [0.2, 0.25) is 0 Å². The molecule has 0 aliphatic carbocycles. The van der Waals surface area contributed by atoms with Gasteiger partial charge in [0, 0.05) is 49.1 Å². The van der Waals surface area contributed by atoms with E-state index in [-0.39, 0.29) is 0 Å². The number of hydrogen-bond donors (Lipinski definition) is 0. The summed E-state index contributed by atoms with van der Waals surface area (Å²) in [5, 5.41) is 4.14. The summed E-state index contributed by atoms with van der Waals surface area (Å²) in [7, 11) is -3.51. The number of anilines is 3. The van der Waals surface area contributed by atoms with Gasteiger partial charge in [0.2, 0.25) is 0 Å². The molecule has 1 atom stereocenters. The first-order chi connectivity index (χ1) is 25.6. The molecule has 7 aromatic carbocycles. The maximum absolute atomic E-state index is 16.4. The standard InChI is InChI=1S/C45H29N4O2P/c50-52(34-21-11-4-12-22-34)41-27-32(45-47-43(30-15-5-1-6-16-30)46-44(48-45)31-17-7-2-8-18-31)25-26-37(41)49(33-19-9-3-10-20-33)38-28-36-35-23-13-14-24-39(35)51-40(36)29-42(38)52/h1-29H. The number of fused-ring (bicyclic) bond motifs is 5. The minimum Gasteiger partial charge on any atom is -0.456 e. The second-order valence-electron chi connectivity index (χ2n) is 12.8. The molecule has 2 aromatic heterocycles. The molecule has 0 bridgehead atoms. The van der Waals surface area contributed by atoms with E-state index in [9.17, 15) is 0 Å². The van der Waals surface area contributed by atoms with Crippen LogP contribution in [-0.4, -0.2) is 15.0 Å². The minimum atomic E-state index is -3.51. The van der Waals surface area contributed by atoms with Crippen molar-refractivity contribution in [2.45, 2.75) is 0 Å². The third kappa shape index (κ3) is 4.80. The smallest absolute Gasteiger partial charge is 0.175 e. The molecule has 9 aromatic rings. The number of furan rings is 1. The molecule has 246 valence electrons. The van der Waals surface area contributed by atoms with Crippen molar-refractivity contribution in [1.82, 2.24) is 15.0 Å². The molecule has 0 N–H and O–H groups in total. The van der Waals surface area contributed by atoms with Crippen molar-refractivity contribution in [1.29, 1.82) is 0 Å². The Morgan fingerprint density at radius 3 is 1.63 bits per heavy atom. The summed E-state index contributed by atoms with van der Waals surface area (Å²) in [6.45, 7) is 0. The van der Waals surface area contributed by atoms with Crippen LogP contribution in [0.5, 0.6) is 0 Å². The summed E-state index contributed by atoms with van der Waals surface area (Å²) >= 11 is 0. The third-order valence-corrected chi connectivity index (χ3v) is 12.8. The molecule has 0 saturated carbocycles. The van der Waals surface area contributed by atoms with E-state index in [0.29, 0.717) is 33.7 Å². The predicted molar refractivity (Wildman–Crippen MR) is 211 cm³/mol. The van der Waals surface area contributed by atoms with Crippen LogP contribution in [0.3, 0.4) is 0 Å². The van der Waals surface area contributed by atoms with Gasteiger partial charge < -0.3 is 13.9 Å². The van der Waals surface area contributed by atoms with Crippen molar-refractivity contribution < 1.29 is 8.98 Å². The van der Waals surface area contributed by atoms with Crippen LogP contribution in [0.15, 0.2) is 180 Å². The van der Waals surface area contributed by atoms with Gasteiger partial charge in [-0.05, 0) is 48.5 Å². The summed E-state index contributed by atoms with van der Waals surface area (Å²) in [6, 6.07) is 58.1. The number of aromatic nitrogens is 3. The Morgan fingerprint density at radius 2 is 0.981 bits per heavy atom. The monoisotopic (exact) mass is 688 g/mol. The van der Waals surface area contributed by atoms with Crippen LogP contribution < -0.4 is 20.8 Å². The highest BCUT2D eigenvalue weighted by molar-refractivity contribution is 7.86. The highest BCUT2D eigenvalue weighted by atomic mass is 31.2. The number of para-hydroxylation sites is 2. The molecule has 1 aliphatic heterocycles. The fourth-order valence-corrected chi connectivity index (χ4v) is 10.3. The molecule has 52 heavy (non-hydrogen) atoms. The summed E-state index contributed by atoms with van der Waals surface area (Å²) in [5.74, 6) is 1.63. The molecule has 6 nitrogen and oxygen atoms in total. The quantitative estimate of drug-likeness (QED) is 0.168. The first-order valence-electron chi connectivity index (χ1n) is 17.1. The van der Waals surface area contributed by atoms with Gasteiger partial charge in [-0.2, -0.15) is 0 Å². The first kappa shape index (κ1) is 30.2. The minimum absolute atomic E-state index is 0.500. The van der Waals surface area contributed by atoms with E-state index in [1.54, 1.807) is 0 Å². The van der Waals surface area contributed by atoms with Crippen LogP contribution >= 0.6 is 7.14 Å². The third-order valence-electron chi connectivity index (χ3n) is 9.70. The highest BCUT2D eigenvalue weighted by Gasteiger charge is 2.42. The Kier molecular flexibility index (Phi) is 6.98. The Balaban J connectivity index is 1.26. The molecule has 3 heterocycles. The van der Waals surface area contributed by atoms with E-state index in [1.165, 1.54) is 0 Å². The van der Waals surface area contributed by atoms with E-state index >= 15 is 4.57 Å². The van der Waals surface area contributed by atoms with E-state index in [2.05, 4.69) is 35.2 Å². The van der Waals surface area contributed by atoms with Crippen molar-refractivity contribution in [3.05, 3.63) is 176 Å². The van der Waals surface area contributed by atoms with E-state index in [4.69, 9.17) is 19.4 Å². The van der Waals surface area contributed by atoms with Gasteiger partial charge in [-0.25, -0.2) is 15.0 Å². The SMILES string of the molecule is O=P1(c2ccccc2)c2cc(-c3nc(-c4ccccc4)nc(-c4ccccc4)n3)ccc2N(c2ccccc2)c2cc3c(cc21)oc1ccccc13. The molecule has 1 unspecified atom stereocenters. The molecule has 0 amide bonds. The van der Waals surface area contributed by atoms with Gasteiger partial charge in [-0.15, -0.1) is 0 Å². The molecule has 0 radical (unpaired) electrons. The Bertz CT molecular complexity index is 2770. The lowest BCUT2D eigenvalue weighted by atomic mass is 10.1. The normalized spacial score (nSPS) is 15.0. The molecular formula is C45H29N4O2P. The van der Waals surface area contributed by atoms with Gasteiger partial charge in [0.25, 0.3) is 0 Å². The van der Waals surface area contributed by atoms with E-state index in [0.717, 1.165) is 55.4 Å². The zero-order valence-electron chi connectivity index (χ0n) is 27.8. The van der Waals surface area contributed by atoms with E-state index < -0.39 is 7.14 Å². The topological polar surface area (TPSA) is 72.1 Å². The Morgan fingerprint density at radius 1 is 0.442 bits per heavy atom. The Labute approximate surface area is 300 Å². The lowest BCUT2D eigenvalue weighted by molar-refractivity contribution is 0.592. The summed E-state index contributed by atoms with van der Waals surface area (Å²) < 4.78 is 22.8. The molecular weight excluding hydrogens is 659 g/mol. The second kappa shape index (κ2) is 12.0. The van der Waals surface area contributed by atoms with Crippen molar-refractivity contribution in [3.63, 3.8) is 0 Å². The largest absolute Gasteiger partial charge is 0.456 e. The van der Waals surface area contributed by atoms with Crippen LogP contribution in [0.4, 0.5) is 17.1 Å². The molecule has 10 rings (SSSR count). The number of rotatable bonds is 5. The summed E-state index contributed by atoms with van der Waals surface area (Å²) in [4.78, 5) is 17.1. The first-order valence-corrected chi connectivity index (χ1v) is 18.8. The molecule has 0 saturated heterocycles. The van der Waals surface area contributed by atoms with Gasteiger partial charge in [0.15, 0.2) is 24.6 Å². The molecule has 1 aliphatic rings. The fraction of sp³-hybridized carbons (Fsp3) is 0. The number of hydrogen-bond acceptors (Lipinski definition) is 6. The lowest BCUT2D eigenvalue weighted by Gasteiger charge is -2.38. The van der Waals surface area contributed by atoms with Crippen molar-refractivity contribution in [2.75, 3.05) is 4.90 Å². The molecule has 0 fully saturated rings. The average molecular weight is 689 g/mol. The highest BCUT2D eigenvalue weighted by Crippen LogP contribution is 2.55. The fourth-order valence-electron chi connectivity index (χ4n) is 7.25. The zero-order valence-corrected chi connectivity index (χ0v) is 28.7. The van der Waals surface area contributed by atoms with Crippen molar-refractivity contribution >= 4 is 62.1 Å². The van der Waals surface area contributed by atoms with Crippen LogP contribution in [0, 0.1) is 0 Å². The van der Waals surface area contributed by atoms with Gasteiger partial charge in [-0.3, -0.25) is 0 Å². The van der Waals surface area contributed by atoms with E-state index in [1.807, 2.05) is 146 Å². The van der Waals surface area contributed by atoms with Crippen LogP contribution in [0.25, 0.3) is 56.1 Å². The van der Waals surface area contributed by atoms with Crippen LogP contribution in [0.1, 0.15) is 0 Å². The second-order valence-corrected chi connectivity index (χ2v) is 15.5.